The molecule has 2 unspecified atom stereocenters. The zero-order chi connectivity index (χ0) is 29.4. The van der Waals surface area contributed by atoms with E-state index in [1.807, 2.05) is 6.92 Å². The average Bonchev–Trinajstić information content (AvgIpc) is 3.80. The fourth-order valence-corrected chi connectivity index (χ4v) is 5.48. The second-order valence-electron chi connectivity index (χ2n) is 10.5. The van der Waals surface area contributed by atoms with Gasteiger partial charge in [-0.2, -0.15) is 4.39 Å². The summed E-state index contributed by atoms with van der Waals surface area (Å²) in [6.45, 7) is 2.07. The molecule has 2 aliphatic rings. The van der Waals surface area contributed by atoms with E-state index in [4.69, 9.17) is 9.47 Å². The third-order valence-electron chi connectivity index (χ3n) is 7.90. The lowest BCUT2D eigenvalue weighted by atomic mass is 9.78. The van der Waals surface area contributed by atoms with Gasteiger partial charge < -0.3 is 14.6 Å². The quantitative estimate of drug-likeness (QED) is 0.128. The Morgan fingerprint density at radius 3 is 2.05 bits per heavy atom. The lowest BCUT2D eigenvalue weighted by Gasteiger charge is -2.28. The first-order valence-electron chi connectivity index (χ1n) is 13.6. The third-order valence-corrected chi connectivity index (χ3v) is 7.90. The highest BCUT2D eigenvalue weighted by Crippen LogP contribution is 2.40. The maximum Gasteiger partial charge on any atom is 0.314 e. The number of halogens is 6. The van der Waals surface area contributed by atoms with Gasteiger partial charge in [-0.15, -0.1) is 0 Å². The standard InChI is InChI=1S/C31H28F6O4/c1-2-3-22(38)20-10-8-17(25(32)28(20)35)15-4-6-16(7-5-15)31(39)41-23-13-12-19(27(34)30(23)37)18-9-11-21(24-14-40-24)29(36)26(18)33/h8-13,15-16,22,24,38H,2-7,14H2,1H3. The molecule has 218 valence electrons. The van der Waals surface area contributed by atoms with Crippen LogP contribution in [-0.4, -0.2) is 17.7 Å². The largest absolute Gasteiger partial charge is 0.423 e. The van der Waals surface area contributed by atoms with E-state index in [0.29, 0.717) is 25.7 Å². The number of rotatable bonds is 8. The van der Waals surface area contributed by atoms with Gasteiger partial charge in [-0.1, -0.05) is 37.6 Å². The van der Waals surface area contributed by atoms with E-state index in [1.165, 1.54) is 18.2 Å². The third kappa shape index (κ3) is 5.72. The first-order chi connectivity index (χ1) is 19.6. The Kier molecular flexibility index (Phi) is 8.42. The van der Waals surface area contributed by atoms with Crippen molar-refractivity contribution in [3.05, 3.63) is 88.0 Å². The monoisotopic (exact) mass is 578 g/mol. The molecule has 1 aliphatic carbocycles. The fraction of sp³-hybridized carbons (Fsp3) is 0.387. The summed E-state index contributed by atoms with van der Waals surface area (Å²) < 4.78 is 98.3. The summed E-state index contributed by atoms with van der Waals surface area (Å²) in [7, 11) is 0. The fourth-order valence-electron chi connectivity index (χ4n) is 5.48. The van der Waals surface area contributed by atoms with E-state index >= 15 is 0 Å². The molecule has 2 atom stereocenters. The number of epoxide rings is 1. The molecule has 2 fully saturated rings. The van der Waals surface area contributed by atoms with E-state index < -0.39 is 75.9 Å². The second kappa shape index (κ2) is 11.9. The smallest absolute Gasteiger partial charge is 0.314 e. The van der Waals surface area contributed by atoms with Gasteiger partial charge in [-0.3, -0.25) is 4.79 Å². The lowest BCUT2D eigenvalue weighted by molar-refractivity contribution is -0.140. The minimum atomic E-state index is -1.53. The predicted octanol–water partition coefficient (Wildman–Crippen LogP) is 7.97. The number of benzene rings is 3. The van der Waals surface area contributed by atoms with Crippen molar-refractivity contribution in [3.8, 4) is 16.9 Å². The molecule has 0 amide bonds. The van der Waals surface area contributed by atoms with Gasteiger partial charge in [-0.05, 0) is 55.7 Å². The summed E-state index contributed by atoms with van der Waals surface area (Å²) in [4.78, 5) is 12.7. The van der Waals surface area contributed by atoms with Gasteiger partial charge in [0, 0.05) is 22.3 Å². The number of carbonyl (C=O) groups is 1. The molecule has 3 aromatic carbocycles. The molecule has 41 heavy (non-hydrogen) atoms. The van der Waals surface area contributed by atoms with E-state index in [0.717, 1.165) is 18.2 Å². The van der Waals surface area contributed by atoms with E-state index in [9.17, 15) is 36.2 Å². The van der Waals surface area contributed by atoms with Crippen LogP contribution in [0.4, 0.5) is 26.3 Å². The zero-order valence-electron chi connectivity index (χ0n) is 22.2. The summed E-state index contributed by atoms with van der Waals surface area (Å²) in [6.07, 6.45) is 0.384. The van der Waals surface area contributed by atoms with Crippen LogP contribution >= 0.6 is 0 Å². The predicted molar refractivity (Wildman–Crippen MR) is 137 cm³/mol. The van der Waals surface area contributed by atoms with E-state index in [-0.39, 0.29) is 42.1 Å². The zero-order valence-corrected chi connectivity index (χ0v) is 22.2. The van der Waals surface area contributed by atoms with Gasteiger partial charge in [0.15, 0.2) is 34.8 Å². The highest BCUT2D eigenvalue weighted by atomic mass is 19.2. The lowest BCUT2D eigenvalue weighted by Crippen LogP contribution is -2.26. The van der Waals surface area contributed by atoms with E-state index in [1.54, 1.807) is 0 Å². The Morgan fingerprint density at radius 2 is 1.41 bits per heavy atom. The van der Waals surface area contributed by atoms with Crippen molar-refractivity contribution in [1.82, 2.24) is 0 Å². The summed E-state index contributed by atoms with van der Waals surface area (Å²) in [5, 5.41) is 10.1. The van der Waals surface area contributed by atoms with Crippen LogP contribution in [0.15, 0.2) is 36.4 Å². The van der Waals surface area contributed by atoms with Gasteiger partial charge in [0.25, 0.3) is 0 Å². The van der Waals surface area contributed by atoms with Crippen molar-refractivity contribution in [2.24, 2.45) is 5.92 Å². The average molecular weight is 579 g/mol. The highest BCUT2D eigenvalue weighted by Gasteiger charge is 2.33. The molecule has 1 aliphatic heterocycles. The van der Waals surface area contributed by atoms with Crippen LogP contribution in [-0.2, 0) is 9.53 Å². The Hall–Kier alpha value is -3.37. The van der Waals surface area contributed by atoms with Crippen LogP contribution in [0.25, 0.3) is 11.1 Å². The van der Waals surface area contributed by atoms with E-state index in [2.05, 4.69) is 0 Å². The second-order valence-corrected chi connectivity index (χ2v) is 10.5. The Labute approximate surface area is 232 Å². The molecule has 0 radical (unpaired) electrons. The topological polar surface area (TPSA) is 59.1 Å². The van der Waals surface area contributed by atoms with Crippen molar-refractivity contribution >= 4 is 5.97 Å². The Balaban J connectivity index is 1.25. The number of aliphatic hydroxyl groups excluding tert-OH is 1. The molecule has 1 N–H and O–H groups in total. The van der Waals surface area contributed by atoms with Gasteiger partial charge in [-0.25, -0.2) is 22.0 Å². The van der Waals surface area contributed by atoms with Crippen molar-refractivity contribution < 1.29 is 45.7 Å². The Morgan fingerprint density at radius 1 is 0.829 bits per heavy atom. The molecule has 0 spiro atoms. The van der Waals surface area contributed by atoms with Crippen LogP contribution in [0.5, 0.6) is 5.75 Å². The van der Waals surface area contributed by atoms with Crippen LogP contribution in [0, 0.1) is 40.8 Å². The number of ether oxygens (including phenoxy) is 2. The number of hydrogen-bond acceptors (Lipinski definition) is 4. The van der Waals surface area contributed by atoms with Crippen molar-refractivity contribution in [2.75, 3.05) is 6.61 Å². The molecule has 1 heterocycles. The van der Waals surface area contributed by atoms with Gasteiger partial charge >= 0.3 is 5.97 Å². The van der Waals surface area contributed by atoms with Gasteiger partial charge in [0.1, 0.15) is 6.10 Å². The van der Waals surface area contributed by atoms with Gasteiger partial charge in [0.05, 0.1) is 18.6 Å². The molecule has 1 saturated carbocycles. The van der Waals surface area contributed by atoms with Crippen molar-refractivity contribution in [3.63, 3.8) is 0 Å². The first kappa shape index (κ1) is 29.1. The molecule has 1 saturated heterocycles. The van der Waals surface area contributed by atoms with Crippen LogP contribution in [0.1, 0.15) is 80.3 Å². The number of esters is 1. The highest BCUT2D eigenvalue weighted by molar-refractivity contribution is 5.76. The molecule has 3 aromatic rings. The molecular weight excluding hydrogens is 550 g/mol. The molecule has 0 bridgehead atoms. The first-order valence-corrected chi connectivity index (χ1v) is 13.6. The maximum absolute atomic E-state index is 14.9. The minimum absolute atomic E-state index is 0.0111. The molecule has 4 nitrogen and oxygen atoms in total. The Bertz CT molecular complexity index is 1460. The van der Waals surface area contributed by atoms with Crippen molar-refractivity contribution in [1.29, 1.82) is 0 Å². The number of hydrogen-bond donors (Lipinski definition) is 1. The molecule has 10 heteroatoms. The minimum Gasteiger partial charge on any atom is -0.423 e. The maximum atomic E-state index is 14.9. The summed E-state index contributed by atoms with van der Waals surface area (Å²) in [5.74, 6) is -10.2. The number of carbonyl (C=O) groups excluding carboxylic acids is 1. The summed E-state index contributed by atoms with van der Waals surface area (Å²) in [6, 6.07) is 7.19. The molecule has 0 aromatic heterocycles. The van der Waals surface area contributed by atoms with Crippen LogP contribution in [0.2, 0.25) is 0 Å². The summed E-state index contributed by atoms with van der Waals surface area (Å²) >= 11 is 0. The van der Waals surface area contributed by atoms with Crippen molar-refractivity contribution in [2.45, 2.75) is 63.6 Å². The van der Waals surface area contributed by atoms with Crippen LogP contribution in [0.3, 0.4) is 0 Å². The normalized spacial score (nSPS) is 21.0. The number of aliphatic hydroxyl groups is 1. The van der Waals surface area contributed by atoms with Gasteiger partial charge in [0.2, 0.25) is 5.82 Å². The summed E-state index contributed by atoms with van der Waals surface area (Å²) in [5.41, 5.74) is -0.973. The molecular formula is C31H28F6O4. The molecule has 5 rings (SSSR count). The SMILES string of the molecule is CCCC(O)c1ccc(C2CCC(C(=O)Oc3ccc(-c4ccc(C5CO5)c(F)c4F)c(F)c3F)CC2)c(F)c1F. The van der Waals surface area contributed by atoms with Crippen LogP contribution < -0.4 is 4.74 Å².